The van der Waals surface area contributed by atoms with Crippen LogP contribution in [0.4, 0.5) is 5.00 Å². The Morgan fingerprint density at radius 3 is 2.41 bits per heavy atom. The van der Waals surface area contributed by atoms with Gasteiger partial charge in [0.15, 0.2) is 17.1 Å². The highest BCUT2D eigenvalue weighted by Crippen LogP contribution is 2.34. The number of carbonyl (C=O) groups excluding carboxylic acids is 3. The monoisotopic (exact) mass is 610 g/mol. The van der Waals surface area contributed by atoms with Crippen LogP contribution in [0.3, 0.4) is 0 Å². The summed E-state index contributed by atoms with van der Waals surface area (Å²) in [5.41, 5.74) is 0.552. The Morgan fingerprint density at radius 1 is 1.11 bits per heavy atom. The summed E-state index contributed by atoms with van der Waals surface area (Å²) in [7, 11) is 1.80. The molecule has 1 amide bonds. The fourth-order valence-corrected chi connectivity index (χ4v) is 5.40. The molecule has 2 heterocycles. The van der Waals surface area contributed by atoms with E-state index < -0.39 is 11.9 Å². The highest BCUT2D eigenvalue weighted by Gasteiger charge is 2.27. The van der Waals surface area contributed by atoms with Gasteiger partial charge in [-0.05, 0) is 57.5 Å². The van der Waals surface area contributed by atoms with Crippen LogP contribution >= 0.6 is 39.0 Å². The van der Waals surface area contributed by atoms with E-state index in [9.17, 15) is 14.4 Å². The second-order valence-electron chi connectivity index (χ2n) is 7.65. The van der Waals surface area contributed by atoms with Gasteiger partial charge in [0.2, 0.25) is 5.91 Å². The van der Waals surface area contributed by atoms with Gasteiger partial charge in [0.25, 0.3) is 0 Å². The average molecular weight is 612 g/mol. The van der Waals surface area contributed by atoms with Gasteiger partial charge in [0, 0.05) is 11.5 Å². The number of rotatable bonds is 11. The maximum Gasteiger partial charge on any atom is 0.348 e. The maximum absolute atomic E-state index is 12.8. The van der Waals surface area contributed by atoms with E-state index in [2.05, 4.69) is 31.4 Å². The molecule has 0 aliphatic rings. The SMILES string of the molecule is CCOC(=O)c1sc(NC(=O)CSc2nnc(C(C)Oc3ccc(Br)cc3)n2C)c(C(=O)OCC)c1C. The largest absolute Gasteiger partial charge is 0.483 e. The minimum absolute atomic E-state index is 0.00186. The molecular weight excluding hydrogens is 584 g/mol. The molecule has 37 heavy (non-hydrogen) atoms. The summed E-state index contributed by atoms with van der Waals surface area (Å²) in [6.45, 7) is 7.21. The van der Waals surface area contributed by atoms with Gasteiger partial charge in [-0.2, -0.15) is 0 Å². The molecule has 3 rings (SSSR count). The Labute approximate surface area is 231 Å². The molecule has 0 aliphatic heterocycles. The summed E-state index contributed by atoms with van der Waals surface area (Å²) >= 11 is 5.56. The van der Waals surface area contributed by atoms with E-state index in [1.54, 1.807) is 32.4 Å². The maximum atomic E-state index is 12.8. The number of esters is 2. The first-order chi connectivity index (χ1) is 17.7. The molecule has 0 saturated carbocycles. The molecule has 3 aromatic rings. The summed E-state index contributed by atoms with van der Waals surface area (Å²) in [6.07, 6.45) is -0.371. The van der Waals surface area contributed by atoms with Gasteiger partial charge in [0.1, 0.15) is 15.6 Å². The minimum atomic E-state index is -0.618. The van der Waals surface area contributed by atoms with Gasteiger partial charge in [-0.3, -0.25) is 4.79 Å². The Bertz CT molecular complexity index is 1280. The normalized spacial score (nSPS) is 11.6. The van der Waals surface area contributed by atoms with Gasteiger partial charge in [-0.15, -0.1) is 21.5 Å². The van der Waals surface area contributed by atoms with Crippen molar-refractivity contribution in [1.29, 1.82) is 0 Å². The molecule has 1 atom stereocenters. The van der Waals surface area contributed by atoms with E-state index in [-0.39, 0.29) is 46.4 Å². The first-order valence-corrected chi connectivity index (χ1v) is 14.0. The zero-order valence-corrected chi connectivity index (χ0v) is 24.2. The van der Waals surface area contributed by atoms with Crippen LogP contribution in [-0.4, -0.2) is 51.6 Å². The summed E-state index contributed by atoms with van der Waals surface area (Å²) in [5, 5.41) is 11.9. The lowest BCUT2D eigenvalue weighted by atomic mass is 10.1. The van der Waals surface area contributed by atoms with Crippen LogP contribution in [0, 0.1) is 6.92 Å². The van der Waals surface area contributed by atoms with Crippen LogP contribution in [-0.2, 0) is 21.3 Å². The summed E-state index contributed by atoms with van der Waals surface area (Å²) in [4.78, 5) is 37.9. The Hall–Kier alpha value is -2.90. The third kappa shape index (κ3) is 7.11. The zero-order valence-electron chi connectivity index (χ0n) is 21.0. The number of ether oxygens (including phenoxy) is 3. The van der Waals surface area contributed by atoms with Crippen molar-refractivity contribution >= 4 is 61.9 Å². The smallest absolute Gasteiger partial charge is 0.348 e. The predicted molar refractivity (Wildman–Crippen MR) is 145 cm³/mol. The number of aromatic nitrogens is 3. The third-order valence-corrected chi connectivity index (χ3v) is 7.77. The molecule has 1 unspecified atom stereocenters. The van der Waals surface area contributed by atoms with E-state index in [4.69, 9.17) is 14.2 Å². The van der Waals surface area contributed by atoms with Gasteiger partial charge in [0.05, 0.1) is 24.5 Å². The van der Waals surface area contributed by atoms with Crippen molar-refractivity contribution < 1.29 is 28.6 Å². The minimum Gasteiger partial charge on any atom is -0.483 e. The number of nitrogens with zero attached hydrogens (tertiary/aromatic N) is 3. The second kappa shape index (κ2) is 13.1. The lowest BCUT2D eigenvalue weighted by molar-refractivity contribution is -0.113. The molecular formula is C24H27BrN4O6S2. The van der Waals surface area contributed by atoms with Gasteiger partial charge < -0.3 is 24.1 Å². The number of thiophene rings is 1. The van der Waals surface area contributed by atoms with Crippen LogP contribution in [0.25, 0.3) is 0 Å². The Kier molecular flexibility index (Phi) is 10.1. The number of benzene rings is 1. The standard InChI is InChI=1S/C24H27BrN4O6S2/c1-6-33-22(31)18-13(3)19(23(32)34-7-2)37-21(18)26-17(30)12-36-24-28-27-20(29(24)5)14(4)35-16-10-8-15(25)9-11-16/h8-11,14H,6-7,12H2,1-5H3,(H,26,30). The van der Waals surface area contributed by atoms with E-state index in [1.165, 1.54) is 11.8 Å². The number of thioether (sulfide) groups is 1. The lowest BCUT2D eigenvalue weighted by Gasteiger charge is -2.14. The van der Waals surface area contributed by atoms with E-state index in [0.717, 1.165) is 15.8 Å². The highest BCUT2D eigenvalue weighted by molar-refractivity contribution is 9.10. The topological polar surface area (TPSA) is 122 Å². The summed E-state index contributed by atoms with van der Waals surface area (Å²) in [6, 6.07) is 7.47. The van der Waals surface area contributed by atoms with Gasteiger partial charge in [-0.25, -0.2) is 9.59 Å². The Balaban J connectivity index is 1.69. The molecule has 2 aromatic heterocycles. The van der Waals surface area contributed by atoms with Crippen molar-refractivity contribution in [3.63, 3.8) is 0 Å². The highest BCUT2D eigenvalue weighted by atomic mass is 79.9. The van der Waals surface area contributed by atoms with E-state index >= 15 is 0 Å². The number of anilines is 1. The quantitative estimate of drug-likeness (QED) is 0.231. The number of amides is 1. The molecule has 0 bridgehead atoms. The molecule has 1 aromatic carbocycles. The number of carbonyl (C=O) groups is 3. The first-order valence-electron chi connectivity index (χ1n) is 11.4. The second-order valence-corrected chi connectivity index (χ2v) is 10.5. The fraction of sp³-hybridized carbons (Fsp3) is 0.375. The molecule has 13 heteroatoms. The number of hydrogen-bond donors (Lipinski definition) is 1. The van der Waals surface area contributed by atoms with Crippen molar-refractivity contribution in [2.75, 3.05) is 24.3 Å². The van der Waals surface area contributed by atoms with Crippen LogP contribution in [0.2, 0.25) is 0 Å². The van der Waals surface area contributed by atoms with Crippen molar-refractivity contribution in [3.8, 4) is 5.75 Å². The van der Waals surface area contributed by atoms with Crippen LogP contribution in [0.15, 0.2) is 33.9 Å². The lowest BCUT2D eigenvalue weighted by Crippen LogP contribution is -2.17. The molecule has 0 spiro atoms. The van der Waals surface area contributed by atoms with Crippen LogP contribution in [0.1, 0.15) is 58.3 Å². The number of hydrogen-bond acceptors (Lipinski definition) is 10. The average Bonchev–Trinajstić information content (AvgIpc) is 3.38. The first kappa shape index (κ1) is 28.7. The van der Waals surface area contributed by atoms with Crippen molar-refractivity contribution in [1.82, 2.24) is 14.8 Å². The predicted octanol–water partition coefficient (Wildman–Crippen LogP) is 5.17. The molecule has 0 aliphatic carbocycles. The number of halogens is 1. The van der Waals surface area contributed by atoms with Crippen LogP contribution < -0.4 is 10.1 Å². The Morgan fingerprint density at radius 2 is 1.76 bits per heavy atom. The zero-order chi connectivity index (χ0) is 27.1. The van der Waals surface area contributed by atoms with Crippen molar-refractivity contribution in [2.24, 2.45) is 7.05 Å². The third-order valence-electron chi connectivity index (χ3n) is 5.03. The van der Waals surface area contributed by atoms with E-state index in [0.29, 0.717) is 22.3 Å². The summed E-state index contributed by atoms with van der Waals surface area (Å²) in [5.74, 6) is -0.261. The summed E-state index contributed by atoms with van der Waals surface area (Å²) < 4.78 is 18.9. The molecule has 10 nitrogen and oxygen atoms in total. The molecule has 0 radical (unpaired) electrons. The van der Waals surface area contributed by atoms with Gasteiger partial charge >= 0.3 is 11.9 Å². The van der Waals surface area contributed by atoms with Crippen molar-refractivity contribution in [2.45, 2.75) is 39.0 Å². The molecule has 198 valence electrons. The molecule has 0 fully saturated rings. The van der Waals surface area contributed by atoms with Crippen LogP contribution in [0.5, 0.6) is 5.75 Å². The molecule has 0 saturated heterocycles. The van der Waals surface area contributed by atoms with Crippen molar-refractivity contribution in [3.05, 3.63) is 50.6 Å². The fourth-order valence-electron chi connectivity index (χ4n) is 3.31. The molecule has 1 N–H and O–H groups in total. The van der Waals surface area contributed by atoms with Gasteiger partial charge in [-0.1, -0.05) is 27.7 Å². The van der Waals surface area contributed by atoms with E-state index in [1.807, 2.05) is 31.2 Å². The number of nitrogens with one attached hydrogen (secondary N) is 1.